The number of halogens is 1. The molecule has 0 spiro atoms. The van der Waals surface area contributed by atoms with Crippen LogP contribution in [0.15, 0.2) is 46.0 Å². The van der Waals surface area contributed by atoms with Gasteiger partial charge in [-0.15, -0.1) is 0 Å². The van der Waals surface area contributed by atoms with Crippen LogP contribution in [-0.2, 0) is 17.8 Å². The van der Waals surface area contributed by atoms with Gasteiger partial charge in [0.05, 0.1) is 19.0 Å². The number of ether oxygens (including phenoxy) is 1. The molecule has 1 heterocycles. The zero-order valence-corrected chi connectivity index (χ0v) is 15.7. The first kappa shape index (κ1) is 17.1. The third kappa shape index (κ3) is 4.02. The maximum absolute atomic E-state index is 6.20. The summed E-state index contributed by atoms with van der Waals surface area (Å²) in [6.07, 6.45) is 5.87. The highest BCUT2D eigenvalue weighted by molar-refractivity contribution is 9.10. The normalized spacial score (nSPS) is 16.5. The molecule has 4 nitrogen and oxygen atoms in total. The van der Waals surface area contributed by atoms with Crippen molar-refractivity contribution in [1.82, 2.24) is 9.88 Å². The van der Waals surface area contributed by atoms with Crippen LogP contribution in [0.2, 0.25) is 0 Å². The Hall–Kier alpha value is -1.72. The van der Waals surface area contributed by atoms with E-state index >= 15 is 0 Å². The molecule has 1 unspecified atom stereocenters. The highest BCUT2D eigenvalue weighted by Crippen LogP contribution is 2.35. The Kier molecular flexibility index (Phi) is 5.63. The van der Waals surface area contributed by atoms with Crippen molar-refractivity contribution in [2.45, 2.75) is 32.5 Å². The lowest BCUT2D eigenvalue weighted by atomic mass is 10.1. The zero-order chi connectivity index (χ0) is 16.9. The van der Waals surface area contributed by atoms with Gasteiger partial charge in [-0.2, -0.15) is 0 Å². The number of benzene rings is 1. The van der Waals surface area contributed by atoms with Gasteiger partial charge in [-0.25, -0.2) is 9.98 Å². The number of aliphatic imine (C=N–C) groups is 1. The maximum Gasteiger partial charge on any atom is 0.159 e. The standard InChI is InChI=1S/C19H22BrN3O/c1-3-23(2)13-22-19-15(10-16(20)11-21-19)12-24-18-9-8-14-6-4-5-7-17(14)18/h4-7,10-11,13,18H,3,8-9,12H2,1-2H3. The van der Waals surface area contributed by atoms with Gasteiger partial charge in [-0.05, 0) is 52.9 Å². The molecule has 1 atom stereocenters. The molecule has 0 N–H and O–H groups in total. The molecule has 0 aliphatic heterocycles. The number of pyridine rings is 1. The van der Waals surface area contributed by atoms with Gasteiger partial charge in [0.2, 0.25) is 0 Å². The van der Waals surface area contributed by atoms with Crippen molar-refractivity contribution in [3.05, 3.63) is 57.7 Å². The molecular formula is C19H22BrN3O. The fraction of sp³-hybridized carbons (Fsp3) is 0.368. The van der Waals surface area contributed by atoms with Crippen molar-refractivity contribution in [2.75, 3.05) is 13.6 Å². The van der Waals surface area contributed by atoms with Crippen molar-refractivity contribution in [1.29, 1.82) is 0 Å². The first-order valence-corrected chi connectivity index (χ1v) is 9.05. The highest BCUT2D eigenvalue weighted by Gasteiger charge is 2.22. The van der Waals surface area contributed by atoms with Crippen molar-refractivity contribution in [2.24, 2.45) is 4.99 Å². The molecule has 0 fully saturated rings. The number of aromatic nitrogens is 1. The Labute approximate surface area is 151 Å². The van der Waals surface area contributed by atoms with Crippen LogP contribution in [0.3, 0.4) is 0 Å². The van der Waals surface area contributed by atoms with Crippen LogP contribution in [0.1, 0.15) is 36.1 Å². The van der Waals surface area contributed by atoms with Crippen molar-refractivity contribution in [3.63, 3.8) is 0 Å². The predicted octanol–water partition coefficient (Wildman–Crippen LogP) is 4.66. The molecule has 1 aromatic heterocycles. The summed E-state index contributed by atoms with van der Waals surface area (Å²) in [5, 5.41) is 0. The Morgan fingerprint density at radius 2 is 2.25 bits per heavy atom. The first-order chi connectivity index (χ1) is 11.7. The number of aryl methyl sites for hydroxylation is 1. The van der Waals surface area contributed by atoms with Crippen LogP contribution < -0.4 is 0 Å². The maximum atomic E-state index is 6.20. The van der Waals surface area contributed by atoms with E-state index in [1.165, 1.54) is 11.1 Å². The second-order valence-corrected chi connectivity index (χ2v) is 6.91. The SMILES string of the molecule is CCN(C)C=Nc1ncc(Br)cc1COC1CCc2ccccc21. The summed E-state index contributed by atoms with van der Waals surface area (Å²) >= 11 is 3.49. The van der Waals surface area contributed by atoms with Gasteiger partial charge >= 0.3 is 0 Å². The second kappa shape index (κ2) is 7.90. The van der Waals surface area contributed by atoms with Gasteiger partial charge in [0.1, 0.15) is 0 Å². The molecule has 0 saturated carbocycles. The Bertz CT molecular complexity index is 732. The molecule has 0 saturated heterocycles. The summed E-state index contributed by atoms with van der Waals surface area (Å²) in [6.45, 7) is 3.50. The number of hydrogen-bond acceptors (Lipinski definition) is 3. The van der Waals surface area contributed by atoms with Gasteiger partial charge < -0.3 is 9.64 Å². The predicted molar refractivity (Wildman–Crippen MR) is 101 cm³/mol. The first-order valence-electron chi connectivity index (χ1n) is 8.25. The second-order valence-electron chi connectivity index (χ2n) is 5.99. The largest absolute Gasteiger partial charge is 0.369 e. The molecule has 3 rings (SSSR count). The minimum atomic E-state index is 0.162. The monoisotopic (exact) mass is 387 g/mol. The van der Waals surface area contributed by atoms with Crippen LogP contribution in [-0.4, -0.2) is 29.8 Å². The van der Waals surface area contributed by atoms with E-state index in [1.807, 2.05) is 24.4 Å². The van der Waals surface area contributed by atoms with Gasteiger partial charge in [0, 0.05) is 29.8 Å². The summed E-state index contributed by atoms with van der Waals surface area (Å²) in [7, 11) is 1.99. The highest BCUT2D eigenvalue weighted by atomic mass is 79.9. The van der Waals surface area contributed by atoms with Crippen LogP contribution in [0.5, 0.6) is 0 Å². The Morgan fingerprint density at radius 3 is 3.08 bits per heavy atom. The minimum absolute atomic E-state index is 0.162. The van der Waals surface area contributed by atoms with E-state index in [9.17, 15) is 0 Å². The van der Waals surface area contributed by atoms with Crippen molar-refractivity contribution in [3.8, 4) is 0 Å². The van der Waals surface area contributed by atoms with Gasteiger partial charge in [-0.3, -0.25) is 0 Å². The number of hydrogen-bond donors (Lipinski definition) is 0. The average Bonchev–Trinajstić information content (AvgIpc) is 3.02. The van der Waals surface area contributed by atoms with Crippen molar-refractivity contribution >= 4 is 28.1 Å². The number of rotatable bonds is 6. The average molecular weight is 388 g/mol. The molecule has 1 aliphatic rings. The quantitative estimate of drug-likeness (QED) is 0.534. The van der Waals surface area contributed by atoms with Gasteiger partial charge in [-0.1, -0.05) is 24.3 Å². The van der Waals surface area contributed by atoms with E-state index in [4.69, 9.17) is 4.74 Å². The summed E-state index contributed by atoms with van der Waals surface area (Å²) in [4.78, 5) is 10.9. The van der Waals surface area contributed by atoms with E-state index in [1.54, 1.807) is 6.20 Å². The van der Waals surface area contributed by atoms with Crippen LogP contribution in [0, 0.1) is 0 Å². The van der Waals surface area contributed by atoms with Crippen LogP contribution in [0.25, 0.3) is 0 Å². The molecular weight excluding hydrogens is 366 g/mol. The summed E-state index contributed by atoms with van der Waals surface area (Å²) in [5.74, 6) is 0.713. The third-order valence-electron chi connectivity index (χ3n) is 4.30. The van der Waals surface area contributed by atoms with Crippen LogP contribution in [0.4, 0.5) is 5.82 Å². The lowest BCUT2D eigenvalue weighted by molar-refractivity contribution is 0.0412. The molecule has 5 heteroatoms. The smallest absolute Gasteiger partial charge is 0.159 e. The van der Waals surface area contributed by atoms with E-state index < -0.39 is 0 Å². The molecule has 126 valence electrons. The lowest BCUT2D eigenvalue weighted by Gasteiger charge is -2.14. The number of nitrogens with zero attached hydrogens (tertiary/aromatic N) is 3. The molecule has 1 aliphatic carbocycles. The minimum Gasteiger partial charge on any atom is -0.369 e. The Morgan fingerprint density at radius 1 is 1.42 bits per heavy atom. The van der Waals surface area contributed by atoms with E-state index in [0.717, 1.165) is 29.4 Å². The fourth-order valence-corrected chi connectivity index (χ4v) is 3.19. The summed E-state index contributed by atoms with van der Waals surface area (Å²) < 4.78 is 7.14. The Balaban J connectivity index is 1.73. The lowest BCUT2D eigenvalue weighted by Crippen LogP contribution is -2.14. The van der Waals surface area contributed by atoms with E-state index in [0.29, 0.717) is 12.4 Å². The summed E-state index contributed by atoms with van der Waals surface area (Å²) in [6, 6.07) is 10.6. The molecule has 1 aromatic carbocycles. The van der Waals surface area contributed by atoms with E-state index in [2.05, 4.69) is 57.1 Å². The van der Waals surface area contributed by atoms with Gasteiger partial charge in [0.25, 0.3) is 0 Å². The zero-order valence-electron chi connectivity index (χ0n) is 14.1. The molecule has 2 aromatic rings. The van der Waals surface area contributed by atoms with E-state index in [-0.39, 0.29) is 6.10 Å². The van der Waals surface area contributed by atoms with Gasteiger partial charge in [0.15, 0.2) is 5.82 Å². The third-order valence-corrected chi connectivity index (χ3v) is 4.74. The molecule has 0 bridgehead atoms. The van der Waals surface area contributed by atoms with Crippen molar-refractivity contribution < 1.29 is 4.74 Å². The molecule has 24 heavy (non-hydrogen) atoms. The molecule has 0 amide bonds. The molecule has 0 radical (unpaired) electrons. The number of fused-ring (bicyclic) bond motifs is 1. The topological polar surface area (TPSA) is 37.7 Å². The summed E-state index contributed by atoms with van der Waals surface area (Å²) in [5.41, 5.74) is 3.71. The van der Waals surface area contributed by atoms with Crippen LogP contribution >= 0.6 is 15.9 Å². The fourth-order valence-electron chi connectivity index (χ4n) is 2.81.